The number of methoxy groups -OCH3 is 1. The Labute approximate surface area is 201 Å². The van der Waals surface area contributed by atoms with Gasteiger partial charge in [-0.05, 0) is 53.1 Å². The van der Waals surface area contributed by atoms with Crippen LogP contribution in [-0.2, 0) is 5.60 Å². The summed E-state index contributed by atoms with van der Waals surface area (Å²) >= 11 is 3.57. The Hall–Kier alpha value is -3.21. The van der Waals surface area contributed by atoms with Gasteiger partial charge in [0.15, 0.2) is 0 Å². The zero-order valence-corrected chi connectivity index (χ0v) is 20.1. The van der Waals surface area contributed by atoms with Crippen LogP contribution in [0.4, 0.5) is 0 Å². The average Bonchev–Trinajstić information content (AvgIpc) is 2.84. The third kappa shape index (κ3) is 3.90. The molecule has 0 saturated heterocycles. The summed E-state index contributed by atoms with van der Waals surface area (Å²) in [5.41, 5.74) is 2.30. The molecule has 0 fully saturated rings. The molecule has 164 valence electrons. The van der Waals surface area contributed by atoms with Gasteiger partial charge in [-0.2, -0.15) is 0 Å². The van der Waals surface area contributed by atoms with Crippen molar-refractivity contribution in [2.24, 2.45) is 0 Å². The Kier molecular flexibility index (Phi) is 5.65. The molecule has 5 aromatic rings. The predicted molar refractivity (Wildman–Crippen MR) is 138 cm³/mol. The Bertz CT molecular complexity index is 1440. The van der Waals surface area contributed by atoms with Crippen molar-refractivity contribution in [1.29, 1.82) is 0 Å². The number of hydrogen-bond donors (Lipinski definition) is 1. The summed E-state index contributed by atoms with van der Waals surface area (Å²) in [6.45, 7) is 1.89. The molecule has 0 aliphatic carbocycles. The van der Waals surface area contributed by atoms with E-state index in [1.165, 1.54) is 0 Å². The molecule has 0 radical (unpaired) electrons. The number of benzene rings is 4. The lowest BCUT2D eigenvalue weighted by atomic mass is 9.73. The van der Waals surface area contributed by atoms with Crippen molar-refractivity contribution in [3.8, 4) is 5.88 Å². The van der Waals surface area contributed by atoms with E-state index >= 15 is 0 Å². The van der Waals surface area contributed by atoms with Crippen LogP contribution in [0, 0.1) is 0 Å². The first-order valence-electron chi connectivity index (χ1n) is 10.9. The highest BCUT2D eigenvalue weighted by atomic mass is 79.9. The molecule has 3 nitrogen and oxygen atoms in total. The van der Waals surface area contributed by atoms with Gasteiger partial charge >= 0.3 is 0 Å². The molecular weight excluding hydrogens is 474 g/mol. The SMILES string of the molecule is COc1nc2ccc(Br)cc2cc1C(c1ccccc1)C(C)(O)c1cccc2ccccc12. The van der Waals surface area contributed by atoms with E-state index in [1.54, 1.807) is 7.11 Å². The fraction of sp³-hybridized carbons (Fsp3) is 0.138. The third-order valence-electron chi connectivity index (χ3n) is 6.30. The number of rotatable bonds is 5. The molecule has 1 aromatic heterocycles. The molecule has 0 spiro atoms. The van der Waals surface area contributed by atoms with Crippen LogP contribution in [0.3, 0.4) is 0 Å². The maximum atomic E-state index is 12.3. The number of fused-ring (bicyclic) bond motifs is 2. The number of hydrogen-bond acceptors (Lipinski definition) is 3. The number of aromatic nitrogens is 1. The summed E-state index contributed by atoms with van der Waals surface area (Å²) in [7, 11) is 1.63. The van der Waals surface area contributed by atoms with Crippen LogP contribution < -0.4 is 4.74 Å². The van der Waals surface area contributed by atoms with Crippen molar-refractivity contribution in [3.63, 3.8) is 0 Å². The van der Waals surface area contributed by atoms with Crippen LogP contribution in [0.25, 0.3) is 21.7 Å². The Morgan fingerprint density at radius 1 is 0.848 bits per heavy atom. The molecule has 0 aliphatic heterocycles. The van der Waals surface area contributed by atoms with Gasteiger partial charge in [-0.1, -0.05) is 88.7 Å². The first-order chi connectivity index (χ1) is 16.0. The van der Waals surface area contributed by atoms with E-state index in [0.717, 1.165) is 42.8 Å². The molecule has 4 heteroatoms. The zero-order valence-electron chi connectivity index (χ0n) is 18.5. The molecule has 4 aromatic carbocycles. The van der Waals surface area contributed by atoms with Gasteiger partial charge in [-0.3, -0.25) is 0 Å². The molecular formula is C29H24BrNO2. The van der Waals surface area contributed by atoms with E-state index in [0.29, 0.717) is 5.88 Å². The van der Waals surface area contributed by atoms with Crippen molar-refractivity contribution in [2.75, 3.05) is 7.11 Å². The quantitative estimate of drug-likeness (QED) is 0.279. The molecule has 2 unspecified atom stereocenters. The van der Waals surface area contributed by atoms with Crippen LogP contribution in [0.2, 0.25) is 0 Å². The largest absolute Gasteiger partial charge is 0.481 e. The molecule has 33 heavy (non-hydrogen) atoms. The van der Waals surface area contributed by atoms with Crippen molar-refractivity contribution < 1.29 is 9.84 Å². The van der Waals surface area contributed by atoms with Crippen molar-refractivity contribution in [1.82, 2.24) is 4.98 Å². The topological polar surface area (TPSA) is 42.4 Å². The smallest absolute Gasteiger partial charge is 0.217 e. The molecule has 5 rings (SSSR count). The van der Waals surface area contributed by atoms with Gasteiger partial charge in [0.1, 0.15) is 0 Å². The second-order valence-corrected chi connectivity index (χ2v) is 9.36. The maximum Gasteiger partial charge on any atom is 0.217 e. The molecule has 0 bridgehead atoms. The van der Waals surface area contributed by atoms with Gasteiger partial charge in [0, 0.05) is 21.3 Å². The fourth-order valence-electron chi connectivity index (χ4n) is 4.79. The van der Waals surface area contributed by atoms with E-state index < -0.39 is 11.5 Å². The van der Waals surface area contributed by atoms with Gasteiger partial charge in [-0.15, -0.1) is 0 Å². The highest BCUT2D eigenvalue weighted by Crippen LogP contribution is 2.46. The highest BCUT2D eigenvalue weighted by molar-refractivity contribution is 9.10. The van der Waals surface area contributed by atoms with Crippen LogP contribution >= 0.6 is 15.9 Å². The van der Waals surface area contributed by atoms with Gasteiger partial charge in [-0.25, -0.2) is 4.98 Å². The lowest BCUT2D eigenvalue weighted by Gasteiger charge is -2.35. The predicted octanol–water partition coefficient (Wildman–Crippen LogP) is 7.20. The van der Waals surface area contributed by atoms with Gasteiger partial charge in [0.25, 0.3) is 0 Å². The Morgan fingerprint density at radius 2 is 1.58 bits per heavy atom. The molecule has 1 heterocycles. The van der Waals surface area contributed by atoms with E-state index in [1.807, 2.05) is 67.6 Å². The molecule has 0 aliphatic rings. The van der Waals surface area contributed by atoms with Crippen LogP contribution in [0.15, 0.2) is 102 Å². The number of pyridine rings is 1. The third-order valence-corrected chi connectivity index (χ3v) is 6.80. The number of aliphatic hydroxyl groups is 1. The molecule has 0 saturated carbocycles. The first kappa shape index (κ1) is 21.6. The summed E-state index contributed by atoms with van der Waals surface area (Å²) in [5, 5.41) is 15.4. The Morgan fingerprint density at radius 3 is 2.36 bits per heavy atom. The monoisotopic (exact) mass is 497 g/mol. The first-order valence-corrected chi connectivity index (χ1v) is 11.7. The normalized spacial score (nSPS) is 14.2. The minimum absolute atomic E-state index is 0.407. The van der Waals surface area contributed by atoms with Crippen LogP contribution in [-0.4, -0.2) is 17.2 Å². The van der Waals surface area contributed by atoms with E-state index in [-0.39, 0.29) is 0 Å². The van der Waals surface area contributed by atoms with E-state index in [4.69, 9.17) is 9.72 Å². The standard InChI is InChI=1S/C29H24BrNO2/c1-29(32,25-14-8-12-19-9-6-7-13-23(19)25)27(20-10-4-3-5-11-20)24-18-21-17-22(30)15-16-26(21)31-28(24)33-2/h3-18,27,32H,1-2H3. The molecule has 2 atom stereocenters. The highest BCUT2D eigenvalue weighted by Gasteiger charge is 2.39. The minimum atomic E-state index is -1.24. The van der Waals surface area contributed by atoms with Crippen molar-refractivity contribution in [2.45, 2.75) is 18.4 Å². The lowest BCUT2D eigenvalue weighted by Crippen LogP contribution is -2.31. The zero-order chi connectivity index (χ0) is 23.0. The van der Waals surface area contributed by atoms with Crippen LogP contribution in [0.5, 0.6) is 5.88 Å². The van der Waals surface area contributed by atoms with E-state index in [9.17, 15) is 5.11 Å². The fourth-order valence-corrected chi connectivity index (χ4v) is 5.17. The summed E-state index contributed by atoms with van der Waals surface area (Å²) in [5.74, 6) is 0.106. The van der Waals surface area contributed by atoms with Crippen molar-refractivity contribution in [3.05, 3.63) is 118 Å². The number of halogens is 1. The lowest BCUT2D eigenvalue weighted by molar-refractivity contribution is 0.0399. The van der Waals surface area contributed by atoms with Crippen molar-refractivity contribution >= 4 is 37.6 Å². The summed E-state index contributed by atoms with van der Waals surface area (Å²) < 4.78 is 6.75. The van der Waals surface area contributed by atoms with Gasteiger partial charge in [0.05, 0.1) is 18.2 Å². The number of ether oxygens (including phenoxy) is 1. The van der Waals surface area contributed by atoms with E-state index in [2.05, 4.69) is 52.3 Å². The average molecular weight is 498 g/mol. The Balaban J connectivity index is 1.81. The molecule has 0 amide bonds. The molecule has 1 N–H and O–H groups in total. The summed E-state index contributed by atoms with van der Waals surface area (Å²) in [6.07, 6.45) is 0. The second-order valence-electron chi connectivity index (χ2n) is 8.44. The summed E-state index contributed by atoms with van der Waals surface area (Å²) in [4.78, 5) is 4.80. The second kappa shape index (κ2) is 8.62. The minimum Gasteiger partial charge on any atom is -0.481 e. The van der Waals surface area contributed by atoms with Gasteiger partial charge in [0.2, 0.25) is 5.88 Å². The number of nitrogens with zero attached hydrogens (tertiary/aromatic N) is 1. The van der Waals surface area contributed by atoms with Gasteiger partial charge < -0.3 is 9.84 Å². The maximum absolute atomic E-state index is 12.3. The van der Waals surface area contributed by atoms with Crippen LogP contribution in [0.1, 0.15) is 29.5 Å². The summed E-state index contributed by atoms with van der Waals surface area (Å²) in [6, 6.07) is 32.4.